The number of ketones is 2. The lowest BCUT2D eigenvalue weighted by molar-refractivity contribution is -0.152. The molecule has 0 saturated carbocycles. The Morgan fingerprint density at radius 2 is 0.879 bits per heavy atom. The smallest absolute Gasteiger partial charge is 0.410 e. The molecule has 20 nitrogen and oxygen atoms in total. The highest BCUT2D eigenvalue weighted by atomic mass is 16.6. The number of piperidine rings is 2. The minimum Gasteiger partial charge on any atom is -0.480 e. The molecule has 5 aromatic rings. The Morgan fingerprint density at radius 3 is 1.31 bits per heavy atom. The third-order valence-electron chi connectivity index (χ3n) is 17.5. The van der Waals surface area contributed by atoms with Gasteiger partial charge in [-0.3, -0.25) is 33.6 Å². The maximum absolute atomic E-state index is 14.4. The van der Waals surface area contributed by atoms with E-state index in [0.29, 0.717) is 16.8 Å². The molecule has 480 valence electrons. The number of hydrogen-bond acceptors (Lipinski definition) is 12. The van der Waals surface area contributed by atoms with E-state index in [1.807, 2.05) is 78.9 Å². The Balaban J connectivity index is 0.000000220. The van der Waals surface area contributed by atoms with Gasteiger partial charge in [0.2, 0.25) is 29.5 Å². The third kappa shape index (κ3) is 16.6. The number of anilines is 1. The first-order chi connectivity index (χ1) is 43.3. The Kier molecular flexibility index (Phi) is 20.6. The van der Waals surface area contributed by atoms with Crippen LogP contribution in [-0.4, -0.2) is 145 Å². The molecule has 2 atom stereocenters. The molecule has 4 aliphatic heterocycles. The van der Waals surface area contributed by atoms with Crippen molar-refractivity contribution in [2.24, 2.45) is 0 Å². The number of aliphatic carboxylic acids is 1. The summed E-state index contributed by atoms with van der Waals surface area (Å²) in [4.78, 5) is 139. The van der Waals surface area contributed by atoms with E-state index < -0.39 is 64.3 Å². The number of amides is 7. The van der Waals surface area contributed by atoms with Crippen molar-refractivity contribution in [2.45, 2.75) is 172 Å². The summed E-state index contributed by atoms with van der Waals surface area (Å²) >= 11 is 0. The average Bonchev–Trinajstić information content (AvgIpc) is 1.15. The molecule has 2 saturated heterocycles. The normalized spacial score (nSPS) is 18.1. The van der Waals surface area contributed by atoms with E-state index in [9.17, 15) is 53.1 Å². The lowest BCUT2D eigenvalue weighted by atomic mass is 9.85. The molecule has 5 aliphatic rings. The predicted octanol–water partition coefficient (Wildman–Crippen LogP) is 9.19. The zero-order chi connectivity index (χ0) is 65.3. The Hall–Kier alpha value is -9.20. The number of ether oxygens (including phenoxy) is 2. The molecule has 2 fully saturated rings. The van der Waals surface area contributed by atoms with E-state index in [-0.39, 0.29) is 133 Å². The van der Waals surface area contributed by atoms with Crippen molar-refractivity contribution >= 4 is 64.9 Å². The highest BCUT2D eigenvalue weighted by Gasteiger charge is 2.49. The van der Waals surface area contributed by atoms with E-state index in [2.05, 4.69) is 16.0 Å². The van der Waals surface area contributed by atoms with Gasteiger partial charge in [-0.25, -0.2) is 14.4 Å². The van der Waals surface area contributed by atoms with Gasteiger partial charge in [-0.15, -0.1) is 0 Å². The Bertz CT molecular complexity index is 3540. The summed E-state index contributed by atoms with van der Waals surface area (Å²) in [6.07, 6.45) is 2.75. The summed E-state index contributed by atoms with van der Waals surface area (Å²) in [6, 6.07) is 36.9. The van der Waals surface area contributed by atoms with Crippen LogP contribution in [0.1, 0.15) is 153 Å². The number of fused-ring (bicyclic) bond motifs is 3. The second kappa shape index (κ2) is 28.3. The van der Waals surface area contributed by atoms with Crippen molar-refractivity contribution in [3.8, 4) is 0 Å². The highest BCUT2D eigenvalue weighted by Crippen LogP contribution is 2.33. The molecular formula is C71H83N7O13. The molecule has 4 heterocycles. The monoisotopic (exact) mass is 1240 g/mol. The second-order valence-corrected chi connectivity index (χ2v) is 26.3. The molecule has 4 N–H and O–H groups in total. The summed E-state index contributed by atoms with van der Waals surface area (Å²) in [5, 5.41) is 19.1. The number of Topliss-reactive ketones (excluding diaryl/α,β-unsaturated/α-hetero) is 2. The molecule has 10 rings (SSSR count). The van der Waals surface area contributed by atoms with E-state index in [1.54, 1.807) is 95.0 Å². The molecule has 0 radical (unpaired) electrons. The summed E-state index contributed by atoms with van der Waals surface area (Å²) in [5.41, 5.74) is 3.59. The Labute approximate surface area is 531 Å². The molecule has 1 aliphatic carbocycles. The van der Waals surface area contributed by atoms with Crippen LogP contribution in [0.3, 0.4) is 0 Å². The van der Waals surface area contributed by atoms with Crippen molar-refractivity contribution in [3.63, 3.8) is 0 Å². The van der Waals surface area contributed by atoms with Crippen LogP contribution in [0.4, 0.5) is 15.3 Å². The van der Waals surface area contributed by atoms with Gasteiger partial charge in [0.1, 0.15) is 34.4 Å². The maximum atomic E-state index is 14.4. The quantitative estimate of drug-likeness (QED) is 0.0714. The summed E-state index contributed by atoms with van der Waals surface area (Å²) in [6.45, 7) is 11.7. The molecule has 0 spiro atoms. The fourth-order valence-corrected chi connectivity index (χ4v) is 12.4. The molecule has 0 aromatic heterocycles. The Morgan fingerprint density at radius 1 is 0.484 bits per heavy atom. The van der Waals surface area contributed by atoms with Gasteiger partial charge < -0.3 is 50.1 Å². The second-order valence-electron chi connectivity index (χ2n) is 26.3. The minimum absolute atomic E-state index is 0.00382. The van der Waals surface area contributed by atoms with Crippen molar-refractivity contribution in [2.75, 3.05) is 31.5 Å². The number of carbonyl (C=O) groups is 10. The van der Waals surface area contributed by atoms with Crippen LogP contribution in [0.2, 0.25) is 0 Å². The predicted molar refractivity (Wildman–Crippen MR) is 340 cm³/mol. The lowest BCUT2D eigenvalue weighted by Gasteiger charge is -2.43. The maximum Gasteiger partial charge on any atom is 0.410 e. The van der Waals surface area contributed by atoms with E-state index >= 15 is 0 Å². The highest BCUT2D eigenvalue weighted by molar-refractivity contribution is 6.03. The first-order valence-electron chi connectivity index (χ1n) is 31.4. The fraction of sp³-hybridized carbons (Fsp3) is 0.437. The topological polar surface area (TPSA) is 258 Å². The van der Waals surface area contributed by atoms with Crippen molar-refractivity contribution in [1.82, 2.24) is 30.2 Å². The SMILES string of the molecule is CC(C)(C)OC(=O)N1CCC(NC(=O)[C@@H]2Cc3ccccc3CN2C(=O)CCC(=O)c2ccccc2)(C(=O)Nc2ccc3c(c2)CCC3)CC1.CC(C)(C)OC(=O)N1CCC(NC(=O)[C@@H]2Cc3ccccc3CN2C(=O)CCC(=O)c2ccccc2)(C(=O)O)CC1. The van der Waals surface area contributed by atoms with Crippen molar-refractivity contribution in [1.29, 1.82) is 0 Å². The molecule has 7 amide bonds. The van der Waals surface area contributed by atoms with Gasteiger partial charge in [-0.2, -0.15) is 0 Å². The van der Waals surface area contributed by atoms with Gasteiger partial charge in [0.05, 0.1) is 0 Å². The molecule has 0 bridgehead atoms. The molecule has 5 aromatic carbocycles. The zero-order valence-electron chi connectivity index (χ0n) is 52.8. The molecular weight excluding hydrogens is 1160 g/mol. The van der Waals surface area contributed by atoms with Crippen molar-refractivity contribution in [3.05, 3.63) is 172 Å². The number of aryl methyl sites for hydroxylation is 2. The van der Waals surface area contributed by atoms with Gasteiger partial charge in [-0.1, -0.05) is 115 Å². The minimum atomic E-state index is -1.59. The number of carboxylic acids is 1. The average molecular weight is 1240 g/mol. The van der Waals surface area contributed by atoms with E-state index in [4.69, 9.17) is 9.47 Å². The molecule has 20 heteroatoms. The van der Waals surface area contributed by atoms with Crippen LogP contribution >= 0.6 is 0 Å². The summed E-state index contributed by atoms with van der Waals surface area (Å²) < 4.78 is 11.0. The first kappa shape index (κ1) is 66.2. The number of carboxylic acid groups (broad SMARTS) is 1. The number of carbonyl (C=O) groups excluding carboxylic acids is 9. The van der Waals surface area contributed by atoms with Gasteiger partial charge in [0.25, 0.3) is 0 Å². The number of rotatable bonds is 15. The van der Waals surface area contributed by atoms with Crippen LogP contribution < -0.4 is 16.0 Å². The third-order valence-corrected chi connectivity index (χ3v) is 17.5. The van der Waals surface area contributed by atoms with Crippen LogP contribution in [0.15, 0.2) is 127 Å². The van der Waals surface area contributed by atoms with E-state index in [1.165, 1.54) is 25.8 Å². The molecule has 0 unspecified atom stereocenters. The van der Waals surface area contributed by atoms with Crippen LogP contribution in [0.25, 0.3) is 0 Å². The largest absolute Gasteiger partial charge is 0.480 e. The van der Waals surface area contributed by atoms with Crippen LogP contribution in [0, 0.1) is 0 Å². The first-order valence-corrected chi connectivity index (χ1v) is 31.4. The number of nitrogens with one attached hydrogen (secondary N) is 3. The van der Waals surface area contributed by atoms with Crippen LogP contribution in [0.5, 0.6) is 0 Å². The number of nitrogens with zero attached hydrogens (tertiary/aromatic N) is 4. The van der Waals surface area contributed by atoms with Crippen molar-refractivity contribution < 1.29 is 62.5 Å². The number of benzene rings is 5. The van der Waals surface area contributed by atoms with Crippen LogP contribution in [-0.2, 0) is 77.0 Å². The van der Waals surface area contributed by atoms with Gasteiger partial charge >= 0.3 is 18.2 Å². The molecule has 91 heavy (non-hydrogen) atoms. The fourth-order valence-electron chi connectivity index (χ4n) is 12.4. The lowest BCUT2D eigenvalue weighted by Crippen LogP contribution is -2.65. The number of likely N-dealkylation sites (tertiary alicyclic amines) is 2. The van der Waals surface area contributed by atoms with E-state index in [0.717, 1.165) is 41.5 Å². The number of hydrogen-bond donors (Lipinski definition) is 4. The summed E-state index contributed by atoms with van der Waals surface area (Å²) in [7, 11) is 0. The zero-order valence-corrected chi connectivity index (χ0v) is 52.8. The van der Waals surface area contributed by atoms with Gasteiger partial charge in [0, 0.05) is 94.6 Å². The van der Waals surface area contributed by atoms with Gasteiger partial charge in [-0.05, 0) is 132 Å². The summed E-state index contributed by atoms with van der Waals surface area (Å²) in [5.74, 6) is -3.55. The van der Waals surface area contributed by atoms with Gasteiger partial charge in [0.15, 0.2) is 11.6 Å². The standard InChI is InChI=1S/C40H46N4O6.C31H37N3O7/c1-39(2,3)50-38(49)43-22-20-40(21-23-43,37(48)41-32-17-16-27-14-9-15-29(27)24-32)42-36(47)33-25-30-12-7-8-13-31(30)26-44(33)35(46)19-18-34(45)28-10-5-4-6-11-28;1-30(2,3)41-29(40)33-17-15-31(16-18-33,28(38)39)32-27(37)24-19-22-11-7-8-12-23(22)20-34(24)26(36)14-13-25(35)21-9-5-4-6-10-21/h4-8,10-13,16-17,24,33H,9,14-15,18-23,25-26H2,1-3H3,(H,41,48)(H,42,47);4-12,24H,13-20H2,1-3H3,(H,32,37)(H,38,39)/t33-;24-/m00/s1.